The highest BCUT2D eigenvalue weighted by atomic mass is 15.2. The van der Waals surface area contributed by atoms with Gasteiger partial charge in [-0.05, 0) is 25.0 Å². The maximum Gasteiger partial charge on any atom is 0.0783 e. The van der Waals surface area contributed by atoms with Crippen LogP contribution >= 0.6 is 0 Å². The first-order chi connectivity index (χ1) is 10.7. The van der Waals surface area contributed by atoms with Gasteiger partial charge in [-0.15, -0.1) is 6.34 Å². The van der Waals surface area contributed by atoms with E-state index in [2.05, 4.69) is 78.2 Å². The molecule has 0 fully saturated rings. The molecule has 1 heterocycles. The monoisotopic (exact) mass is 292 g/mol. The molecule has 0 atom stereocenters. The Labute approximate surface area is 133 Å². The molecule has 0 radical (unpaired) electrons. The molecule has 2 heteroatoms. The summed E-state index contributed by atoms with van der Waals surface area (Å²) >= 11 is 0. The lowest BCUT2D eigenvalue weighted by Crippen LogP contribution is -2.35. The van der Waals surface area contributed by atoms with Gasteiger partial charge in [0.25, 0.3) is 0 Å². The lowest BCUT2D eigenvalue weighted by atomic mass is 10.1. The van der Waals surface area contributed by atoms with E-state index in [0.29, 0.717) is 0 Å². The van der Waals surface area contributed by atoms with E-state index in [4.69, 9.17) is 0 Å². The molecule has 0 amide bonds. The summed E-state index contributed by atoms with van der Waals surface area (Å²) in [6.45, 7) is 8.35. The van der Waals surface area contributed by atoms with E-state index in [1.54, 1.807) is 0 Å². The van der Waals surface area contributed by atoms with E-state index in [-0.39, 0.29) is 0 Å². The quantitative estimate of drug-likeness (QED) is 0.616. The molecule has 0 unspecified atom stereocenters. The summed E-state index contributed by atoms with van der Waals surface area (Å²) in [4.78, 5) is 2.31. The van der Waals surface area contributed by atoms with Gasteiger partial charge in [-0.3, -0.25) is 0 Å². The van der Waals surface area contributed by atoms with Crippen molar-refractivity contribution < 1.29 is 4.58 Å². The van der Waals surface area contributed by atoms with E-state index < -0.39 is 0 Å². The van der Waals surface area contributed by atoms with Crippen molar-refractivity contribution >= 4 is 6.34 Å². The van der Waals surface area contributed by atoms with E-state index in [0.717, 1.165) is 26.2 Å². The molecule has 114 valence electrons. The van der Waals surface area contributed by atoms with Crippen LogP contribution in [0.1, 0.15) is 28.7 Å². The summed E-state index contributed by atoms with van der Waals surface area (Å²) < 4.78 is 2.31. The van der Waals surface area contributed by atoms with Crippen molar-refractivity contribution in [3.05, 3.63) is 70.8 Å². The van der Waals surface area contributed by atoms with Crippen LogP contribution in [-0.4, -0.2) is 28.9 Å². The van der Waals surface area contributed by atoms with Crippen LogP contribution in [0.15, 0.2) is 48.5 Å². The average molecular weight is 292 g/mol. The Morgan fingerprint density at radius 2 is 1.50 bits per heavy atom. The number of rotatable bonds is 4. The molecule has 0 bridgehead atoms. The topological polar surface area (TPSA) is 6.25 Å². The lowest BCUT2D eigenvalue weighted by Gasteiger charge is -2.32. The smallest absolute Gasteiger partial charge is 0.0783 e. The van der Waals surface area contributed by atoms with Gasteiger partial charge < -0.3 is 9.48 Å². The first-order valence-electron chi connectivity index (χ1n) is 8.06. The Kier molecular flexibility index (Phi) is 4.57. The van der Waals surface area contributed by atoms with E-state index in [1.807, 2.05) is 0 Å². The van der Waals surface area contributed by atoms with Crippen molar-refractivity contribution in [1.82, 2.24) is 4.90 Å². The summed E-state index contributed by atoms with van der Waals surface area (Å²) in [6.07, 6.45) is 4.75. The maximum atomic E-state index is 3.55. The van der Waals surface area contributed by atoms with Crippen molar-refractivity contribution in [3.8, 4) is 0 Å². The highest BCUT2D eigenvalue weighted by Crippen LogP contribution is 2.10. The highest BCUT2D eigenvalue weighted by Gasteiger charge is 2.08. The second-order valence-corrected chi connectivity index (χ2v) is 6.27. The minimum atomic E-state index is 0.949. The molecule has 3 rings (SSSR count). The van der Waals surface area contributed by atoms with Gasteiger partial charge in [0.05, 0.1) is 26.2 Å². The minimum Gasteiger partial charge on any atom is -0.434 e. The molecule has 0 N–H and O–H groups in total. The van der Waals surface area contributed by atoms with Crippen molar-refractivity contribution in [1.29, 1.82) is 0 Å². The predicted molar refractivity (Wildman–Crippen MR) is 91.2 cm³/mol. The van der Waals surface area contributed by atoms with Gasteiger partial charge in [-0.25, -0.2) is 0 Å². The summed E-state index contributed by atoms with van der Waals surface area (Å²) in [5.74, 6) is 0. The van der Waals surface area contributed by atoms with Gasteiger partial charge in [-0.2, -0.15) is 0 Å². The number of hydrogen-bond acceptors (Lipinski definition) is 1. The Bertz CT molecular complexity index is 638. The molecule has 1 aliphatic heterocycles. The standard InChI is InChI=1S/C20H24N2/c1-17-4-8-19(9-5-17)14-21-12-3-13-22(16-21)15-20-10-6-18(2)7-11-20/h4-11H,3,12-15H2,1-2H3. The van der Waals surface area contributed by atoms with Crippen LogP contribution < -0.4 is 0 Å². The molecule has 0 saturated heterocycles. The predicted octanol–water partition coefficient (Wildman–Crippen LogP) is 3.63. The average Bonchev–Trinajstić information content (AvgIpc) is 2.52. The summed E-state index contributed by atoms with van der Waals surface area (Å²) in [5.41, 5.74) is 5.35. The van der Waals surface area contributed by atoms with Crippen molar-refractivity contribution in [2.45, 2.75) is 33.4 Å². The van der Waals surface area contributed by atoms with Crippen molar-refractivity contribution in [2.24, 2.45) is 0 Å². The minimum absolute atomic E-state index is 0.949. The molecule has 2 nitrogen and oxygen atoms in total. The molecule has 0 aliphatic carbocycles. The van der Waals surface area contributed by atoms with Gasteiger partial charge in [-0.1, -0.05) is 59.7 Å². The fourth-order valence-electron chi connectivity index (χ4n) is 2.81. The summed E-state index contributed by atoms with van der Waals surface area (Å²) in [5, 5.41) is 0. The second-order valence-electron chi connectivity index (χ2n) is 6.27. The molecule has 0 spiro atoms. The van der Waals surface area contributed by atoms with Gasteiger partial charge in [0.15, 0.2) is 0 Å². The number of nitrogens with zero attached hydrogens (tertiary/aromatic N) is 2. The Hall–Kier alpha value is -2.09. The molecular weight excluding hydrogens is 268 g/mol. The van der Waals surface area contributed by atoms with Crippen molar-refractivity contribution in [2.75, 3.05) is 13.1 Å². The third-order valence-electron chi connectivity index (χ3n) is 4.13. The normalized spacial score (nSPS) is 14.8. The van der Waals surface area contributed by atoms with Crippen LogP contribution in [0, 0.1) is 13.8 Å². The van der Waals surface area contributed by atoms with E-state index in [9.17, 15) is 0 Å². The van der Waals surface area contributed by atoms with Gasteiger partial charge >= 0.3 is 0 Å². The summed E-state index contributed by atoms with van der Waals surface area (Å²) in [6, 6.07) is 17.6. The number of aryl methyl sites for hydroxylation is 2. The maximum absolute atomic E-state index is 3.55. The van der Waals surface area contributed by atoms with Gasteiger partial charge in [0, 0.05) is 6.42 Å². The molecule has 2 aromatic carbocycles. The fraction of sp³-hybridized carbons (Fsp3) is 0.350. The van der Waals surface area contributed by atoms with E-state index in [1.165, 1.54) is 28.7 Å². The molecule has 1 aliphatic rings. The Morgan fingerprint density at radius 3 is 2.14 bits per heavy atom. The van der Waals surface area contributed by atoms with E-state index >= 15 is 0 Å². The number of hydrogen-bond donors (Lipinski definition) is 0. The van der Waals surface area contributed by atoms with Gasteiger partial charge in [0.2, 0.25) is 0 Å². The third kappa shape index (κ3) is 3.97. The van der Waals surface area contributed by atoms with Crippen molar-refractivity contribution in [3.63, 3.8) is 0 Å². The largest absolute Gasteiger partial charge is 0.434 e. The molecule has 0 aromatic heterocycles. The van der Waals surface area contributed by atoms with Gasteiger partial charge in [0.1, 0.15) is 0 Å². The fourth-order valence-corrected chi connectivity index (χ4v) is 2.81. The lowest BCUT2D eigenvalue weighted by molar-refractivity contribution is -0.549. The third-order valence-corrected chi connectivity index (χ3v) is 4.13. The zero-order valence-electron chi connectivity index (χ0n) is 13.5. The number of benzene rings is 2. The first-order valence-corrected chi connectivity index (χ1v) is 8.06. The van der Waals surface area contributed by atoms with Crippen LogP contribution in [0.2, 0.25) is 0 Å². The van der Waals surface area contributed by atoms with Crippen LogP contribution in [-0.2, 0) is 13.1 Å². The Balaban J connectivity index is 1.66. The molecular formula is C20H24N2. The molecule has 22 heavy (non-hydrogen) atoms. The molecule has 2 aromatic rings. The first kappa shape index (κ1) is 14.8. The zero-order valence-corrected chi connectivity index (χ0v) is 13.5. The van der Waals surface area contributed by atoms with Crippen LogP contribution in [0.4, 0.5) is 0 Å². The van der Waals surface area contributed by atoms with Crippen LogP contribution in [0.3, 0.4) is 0 Å². The SMILES string of the molecule is Cc1ccc(CN2[C-]=[N+](Cc3ccc(C)cc3)CCC2)cc1. The summed E-state index contributed by atoms with van der Waals surface area (Å²) in [7, 11) is 0. The highest BCUT2D eigenvalue weighted by molar-refractivity contribution is 5.50. The second kappa shape index (κ2) is 6.78. The van der Waals surface area contributed by atoms with Crippen LogP contribution in [0.5, 0.6) is 0 Å². The van der Waals surface area contributed by atoms with Crippen LogP contribution in [0.25, 0.3) is 0 Å². The molecule has 0 saturated carbocycles. The zero-order chi connectivity index (χ0) is 15.4. The Morgan fingerprint density at radius 1 is 0.909 bits per heavy atom.